The largest absolute Gasteiger partial charge is 0.478 e. The first-order valence-corrected chi connectivity index (χ1v) is 6.68. The predicted octanol–water partition coefficient (Wildman–Crippen LogP) is 3.16. The fourth-order valence-electron chi connectivity index (χ4n) is 1.14. The molecule has 0 radical (unpaired) electrons. The van der Waals surface area contributed by atoms with Crippen LogP contribution in [0.2, 0.25) is 15.9 Å². The molecule has 0 heterocycles. The number of hydrogen-bond acceptors (Lipinski definition) is 3. The van der Waals surface area contributed by atoms with E-state index in [9.17, 15) is 5.02 Å². The smallest absolute Gasteiger partial charge is 0.446 e. The molecule has 3 nitrogen and oxygen atoms in total. The van der Waals surface area contributed by atoms with E-state index >= 15 is 0 Å². The summed E-state index contributed by atoms with van der Waals surface area (Å²) in [6.07, 6.45) is 0. The van der Waals surface area contributed by atoms with Gasteiger partial charge in [0, 0.05) is 0 Å². The Hall–Kier alpha value is 0.0748. The molecule has 0 unspecified atom stereocenters. The van der Waals surface area contributed by atoms with Gasteiger partial charge in [-0.2, -0.15) is 0 Å². The average molecular weight is 254 g/mol. The van der Waals surface area contributed by atoms with Gasteiger partial charge in [0.1, 0.15) is 0 Å². The Morgan fingerprint density at radius 3 is 1.56 bits per heavy atom. The molecular weight excluding hydrogens is 225 g/mol. The van der Waals surface area contributed by atoms with Gasteiger partial charge in [0.15, 0.2) is 0 Å². The summed E-state index contributed by atoms with van der Waals surface area (Å²) in [7, 11) is -0.640. The average Bonchev–Trinajstić information content (AvgIpc) is 2.06. The third kappa shape index (κ3) is 7.50. The van der Waals surface area contributed by atoms with Crippen LogP contribution in [-0.2, 0) is 9.14 Å². The zero-order valence-corrected chi connectivity index (χ0v) is 13.6. The van der Waals surface area contributed by atoms with Gasteiger partial charge >= 0.3 is 14.2 Å². The van der Waals surface area contributed by atoms with Crippen molar-refractivity contribution >= 4 is 21.7 Å². The minimum absolute atomic E-state index is 0.0829. The van der Waals surface area contributed by atoms with E-state index in [1.54, 1.807) is 0 Å². The van der Waals surface area contributed by atoms with E-state index in [0.29, 0.717) is 7.48 Å². The third-order valence-corrected chi connectivity index (χ3v) is 2.37. The van der Waals surface area contributed by atoms with Crippen LogP contribution in [0.15, 0.2) is 0 Å². The van der Waals surface area contributed by atoms with E-state index < -0.39 is 14.2 Å². The Morgan fingerprint density at radius 1 is 0.833 bits per heavy atom. The molecule has 1 N–H and O–H groups in total. The van der Waals surface area contributed by atoms with Crippen LogP contribution in [0.3, 0.4) is 0 Å². The van der Waals surface area contributed by atoms with Crippen molar-refractivity contribution in [2.45, 2.75) is 78.3 Å². The standard InChI is InChI=1S/C12H29B3O3/c1-10(2,3)13-17-15(12(7,8)9)18-14(16)11(4,5)6/h13,16H,1-9H3. The van der Waals surface area contributed by atoms with E-state index in [2.05, 4.69) is 41.5 Å². The molecule has 104 valence electrons. The molecule has 0 rings (SSSR count). The molecular formula is C12H29B3O3. The van der Waals surface area contributed by atoms with E-state index in [1.165, 1.54) is 0 Å². The Balaban J connectivity index is 4.63. The minimum Gasteiger partial charge on any atom is -0.478 e. The molecule has 0 aromatic rings. The summed E-state index contributed by atoms with van der Waals surface area (Å²) in [6.45, 7) is 18.3. The lowest BCUT2D eigenvalue weighted by Crippen LogP contribution is -2.44. The molecule has 0 fully saturated rings. The topological polar surface area (TPSA) is 38.7 Å². The van der Waals surface area contributed by atoms with Gasteiger partial charge in [0.25, 0.3) is 7.48 Å². The molecule has 0 saturated heterocycles. The van der Waals surface area contributed by atoms with E-state index in [-0.39, 0.29) is 15.9 Å². The summed E-state index contributed by atoms with van der Waals surface area (Å²) < 4.78 is 11.6. The van der Waals surface area contributed by atoms with Crippen LogP contribution in [0.4, 0.5) is 0 Å². The Bertz CT molecular complexity index is 251. The van der Waals surface area contributed by atoms with Crippen molar-refractivity contribution in [2.24, 2.45) is 0 Å². The predicted molar refractivity (Wildman–Crippen MR) is 82.2 cm³/mol. The number of hydrogen-bond donors (Lipinski definition) is 1. The van der Waals surface area contributed by atoms with Gasteiger partial charge in [-0.1, -0.05) is 62.3 Å². The van der Waals surface area contributed by atoms with Crippen LogP contribution in [0.1, 0.15) is 62.3 Å². The van der Waals surface area contributed by atoms with Crippen molar-refractivity contribution in [1.82, 2.24) is 0 Å². The summed E-state index contributed by atoms with van der Waals surface area (Å²) in [5.74, 6) is 0. The quantitative estimate of drug-likeness (QED) is 0.783. The molecule has 0 saturated carbocycles. The second-order valence-corrected chi connectivity index (χ2v) is 8.42. The fraction of sp³-hybridized carbons (Fsp3) is 1.00. The Morgan fingerprint density at radius 2 is 1.28 bits per heavy atom. The summed E-state index contributed by atoms with van der Waals surface area (Å²) in [6, 6.07) is 0. The number of rotatable bonds is 4. The highest BCUT2D eigenvalue weighted by Gasteiger charge is 2.41. The molecule has 0 amide bonds. The Kier molecular flexibility index (Phi) is 6.04. The minimum atomic E-state index is -0.832. The van der Waals surface area contributed by atoms with E-state index in [4.69, 9.17) is 9.14 Å². The fourth-order valence-corrected chi connectivity index (χ4v) is 1.14. The van der Waals surface area contributed by atoms with Crippen LogP contribution in [0.5, 0.6) is 0 Å². The molecule has 6 heteroatoms. The maximum atomic E-state index is 10.0. The molecule has 0 aromatic carbocycles. The molecule has 0 aromatic heterocycles. The zero-order valence-electron chi connectivity index (χ0n) is 13.6. The highest BCUT2D eigenvalue weighted by atomic mass is 16.6. The lowest BCUT2D eigenvalue weighted by atomic mass is 9.53. The molecule has 0 aliphatic heterocycles. The lowest BCUT2D eigenvalue weighted by Gasteiger charge is -2.33. The van der Waals surface area contributed by atoms with Gasteiger partial charge in [-0.25, -0.2) is 0 Å². The molecule has 18 heavy (non-hydrogen) atoms. The second-order valence-electron chi connectivity index (χ2n) is 8.42. The maximum absolute atomic E-state index is 10.0. The second kappa shape index (κ2) is 6.02. The van der Waals surface area contributed by atoms with Crippen LogP contribution < -0.4 is 0 Å². The normalized spacial score (nSPS) is 13.4. The van der Waals surface area contributed by atoms with Crippen LogP contribution in [-0.4, -0.2) is 26.7 Å². The summed E-state index contributed by atoms with van der Waals surface area (Å²) in [4.78, 5) is 0. The summed E-state index contributed by atoms with van der Waals surface area (Å²) in [5.41, 5.74) is 0. The van der Waals surface area contributed by atoms with Crippen molar-refractivity contribution in [3.05, 3.63) is 0 Å². The zero-order chi connectivity index (χ0) is 14.8. The SMILES string of the molecule is CC(C)(C)BOB(OB(O)C(C)(C)C)C(C)(C)C. The highest BCUT2D eigenvalue weighted by molar-refractivity contribution is 6.65. The Labute approximate surface area is 115 Å². The maximum Gasteiger partial charge on any atom is 0.446 e. The van der Waals surface area contributed by atoms with E-state index in [1.807, 2.05) is 20.8 Å². The van der Waals surface area contributed by atoms with Crippen molar-refractivity contribution < 1.29 is 14.2 Å². The first-order chi connectivity index (χ1) is 7.73. The van der Waals surface area contributed by atoms with E-state index in [0.717, 1.165) is 0 Å². The molecule has 0 bridgehead atoms. The monoisotopic (exact) mass is 254 g/mol. The van der Waals surface area contributed by atoms with Gasteiger partial charge in [0.2, 0.25) is 0 Å². The lowest BCUT2D eigenvalue weighted by molar-refractivity contribution is 0.311. The van der Waals surface area contributed by atoms with Crippen molar-refractivity contribution in [3.63, 3.8) is 0 Å². The van der Waals surface area contributed by atoms with Gasteiger partial charge < -0.3 is 14.2 Å². The van der Waals surface area contributed by atoms with Crippen molar-refractivity contribution in [3.8, 4) is 0 Å². The van der Waals surface area contributed by atoms with Crippen molar-refractivity contribution in [2.75, 3.05) is 0 Å². The molecule has 0 aliphatic carbocycles. The van der Waals surface area contributed by atoms with Crippen LogP contribution >= 0.6 is 0 Å². The van der Waals surface area contributed by atoms with Crippen LogP contribution in [0, 0.1) is 0 Å². The van der Waals surface area contributed by atoms with Crippen LogP contribution in [0.25, 0.3) is 0 Å². The first kappa shape index (κ1) is 18.1. The van der Waals surface area contributed by atoms with Crippen molar-refractivity contribution in [1.29, 1.82) is 0 Å². The first-order valence-electron chi connectivity index (χ1n) is 6.68. The molecule has 0 aliphatic rings. The highest BCUT2D eigenvalue weighted by Crippen LogP contribution is 2.34. The molecule has 0 spiro atoms. The summed E-state index contributed by atoms with van der Waals surface area (Å²) in [5, 5.41) is 9.65. The third-order valence-electron chi connectivity index (χ3n) is 2.37. The van der Waals surface area contributed by atoms with Gasteiger partial charge in [-0.05, 0) is 15.9 Å². The van der Waals surface area contributed by atoms with Gasteiger partial charge in [-0.3, -0.25) is 0 Å². The van der Waals surface area contributed by atoms with Gasteiger partial charge in [-0.15, -0.1) is 0 Å². The molecule has 0 atom stereocenters. The summed E-state index contributed by atoms with van der Waals surface area (Å²) >= 11 is 0. The van der Waals surface area contributed by atoms with Gasteiger partial charge in [0.05, 0.1) is 0 Å².